The second-order valence-corrected chi connectivity index (χ2v) is 37.1. The summed E-state index contributed by atoms with van der Waals surface area (Å²) in [7, 11) is 6.58. The highest BCUT2D eigenvalue weighted by atomic mass is 16.7. The second kappa shape index (κ2) is 30.4. The van der Waals surface area contributed by atoms with Crippen LogP contribution in [-0.4, -0.2) is 184 Å². The number of aromatic nitrogens is 6. The second-order valence-electron chi connectivity index (χ2n) is 37.1. The van der Waals surface area contributed by atoms with E-state index in [1.165, 1.54) is 77.2 Å². The molecule has 6 aliphatic rings. The minimum absolute atomic E-state index is 0.00565. The van der Waals surface area contributed by atoms with Crippen LogP contribution in [-0.2, 0) is 9.68 Å². The molecule has 2 aromatic rings. The van der Waals surface area contributed by atoms with Crippen LogP contribution in [0.4, 0.5) is 29.7 Å². The van der Waals surface area contributed by atoms with E-state index in [0.717, 1.165) is 95.4 Å². The van der Waals surface area contributed by atoms with Crippen molar-refractivity contribution < 1.29 is 14.8 Å². The van der Waals surface area contributed by atoms with Gasteiger partial charge in [0, 0.05) is 101 Å². The lowest BCUT2D eigenvalue weighted by Crippen LogP contribution is -2.65. The number of unbranched alkanes of at least 4 members (excludes halogenated alkanes) is 3. The number of aliphatic hydroxyl groups excluding tert-OH is 1. The molecule has 0 radical (unpaired) electrons. The number of hydrogen-bond acceptors (Lipinski definition) is 19. The minimum Gasteiger partial charge on any atom is -0.395 e. The van der Waals surface area contributed by atoms with Gasteiger partial charge in [-0.1, -0.05) is 72.1 Å². The van der Waals surface area contributed by atoms with Gasteiger partial charge < -0.3 is 46.0 Å². The number of aliphatic hydroxyl groups is 1. The van der Waals surface area contributed by atoms with Crippen LogP contribution in [0.1, 0.15) is 299 Å². The summed E-state index contributed by atoms with van der Waals surface area (Å²) >= 11 is 0. The quantitative estimate of drug-likeness (QED) is 0.0625. The van der Waals surface area contributed by atoms with E-state index in [2.05, 4.69) is 218 Å². The molecule has 0 atom stereocenters. The Kier molecular flexibility index (Phi) is 25.2. The number of hydroxylamine groups is 4. The fraction of sp³-hybridized carbons (Fsp3) is 0.919. The van der Waals surface area contributed by atoms with Gasteiger partial charge in [-0.25, -0.2) is 0 Å². The molecule has 6 fully saturated rings. The van der Waals surface area contributed by atoms with E-state index < -0.39 is 0 Å². The van der Waals surface area contributed by atoms with Gasteiger partial charge >= 0.3 is 0 Å². The third-order valence-electron chi connectivity index (χ3n) is 21.0. The van der Waals surface area contributed by atoms with Crippen molar-refractivity contribution in [2.45, 2.75) is 386 Å². The van der Waals surface area contributed by atoms with Crippen molar-refractivity contribution in [3.05, 3.63) is 5.82 Å². The van der Waals surface area contributed by atoms with E-state index >= 15 is 0 Å². The Hall–Kier alpha value is -3.30. The first-order valence-electron chi connectivity index (χ1n) is 36.9. The highest BCUT2D eigenvalue weighted by Crippen LogP contribution is 2.45. The Labute approximate surface area is 567 Å². The largest absolute Gasteiger partial charge is 0.395 e. The number of piperidine rings is 4. The highest BCUT2D eigenvalue weighted by molar-refractivity contribution is 5.47. The van der Waals surface area contributed by atoms with E-state index in [1.807, 2.05) is 6.92 Å². The van der Waals surface area contributed by atoms with Gasteiger partial charge in [0.15, 0.2) is 0 Å². The number of nitrogens with zero attached hydrogens (tertiary/aromatic N) is 12. The fourth-order valence-electron chi connectivity index (χ4n) is 18.4. The molecule has 93 heavy (non-hydrogen) atoms. The lowest BCUT2D eigenvalue weighted by atomic mass is 9.78. The van der Waals surface area contributed by atoms with Crippen molar-refractivity contribution >= 4 is 29.7 Å². The van der Waals surface area contributed by atoms with Crippen molar-refractivity contribution in [1.82, 2.24) is 55.6 Å². The number of aryl methyl sites for hydroxylation is 1. The molecule has 0 bridgehead atoms. The zero-order valence-electron chi connectivity index (χ0n) is 64.2. The molecule has 19 nitrogen and oxygen atoms in total. The topological polar surface area (TPSA) is 184 Å². The maximum absolute atomic E-state index is 9.62. The molecule has 0 amide bonds. The third kappa shape index (κ3) is 22.4. The Balaban J connectivity index is 0.000000264. The molecule has 4 aliphatic heterocycles. The summed E-state index contributed by atoms with van der Waals surface area (Å²) in [6.07, 6.45) is 27.0. The summed E-state index contributed by atoms with van der Waals surface area (Å²) < 4.78 is 0. The molecule has 0 aromatic carbocycles. The summed E-state index contributed by atoms with van der Waals surface area (Å²) in [5, 5.41) is 28.9. The first kappa shape index (κ1) is 77.1. The van der Waals surface area contributed by atoms with E-state index in [1.54, 1.807) is 0 Å². The molecule has 8 rings (SSSR count). The number of rotatable bonds is 24. The van der Waals surface area contributed by atoms with E-state index in [9.17, 15) is 5.11 Å². The van der Waals surface area contributed by atoms with Crippen LogP contribution in [0.5, 0.6) is 0 Å². The Morgan fingerprint density at radius 2 is 0.882 bits per heavy atom. The summed E-state index contributed by atoms with van der Waals surface area (Å²) in [6.45, 7) is 53.1. The predicted octanol–water partition coefficient (Wildman–Crippen LogP) is 14.4. The van der Waals surface area contributed by atoms with Gasteiger partial charge in [0.25, 0.3) is 0 Å². The van der Waals surface area contributed by atoms with E-state index in [0.29, 0.717) is 54.6 Å². The molecule has 6 heterocycles. The SMILES string of the molecule is CN(c1nc(NCCO)nc(N(C)C2CC(C)(C)N(OC3CCCCC3)C(C)(C)C2)n1)C1CC(C)(C)N(OC2CCCCC2)C(C)(C)C1.Cc1nc(NC(C)(C)CC(C)(C)C)nc(N(CCCCCCN(C)C2CC(C)(C)NC(C)(C)C2)C2CC(C)(C)NC(C)(C)C2)n1. The van der Waals surface area contributed by atoms with Gasteiger partial charge in [-0.2, -0.15) is 40.0 Å². The zero-order chi connectivity index (χ0) is 69.0. The van der Waals surface area contributed by atoms with Crippen LogP contribution in [0.15, 0.2) is 0 Å². The monoisotopic (exact) mass is 1300 g/mol. The van der Waals surface area contributed by atoms with Gasteiger partial charge in [-0.05, 0) is 247 Å². The maximum Gasteiger partial charge on any atom is 0.231 e. The van der Waals surface area contributed by atoms with Gasteiger partial charge in [-0.3, -0.25) is 9.68 Å². The highest BCUT2D eigenvalue weighted by Gasteiger charge is 2.51. The lowest BCUT2D eigenvalue weighted by molar-refractivity contribution is -0.310. The summed E-state index contributed by atoms with van der Waals surface area (Å²) in [5.41, 5.74) is -0.0902. The van der Waals surface area contributed by atoms with Crippen LogP contribution in [0.2, 0.25) is 0 Å². The molecule has 5 N–H and O–H groups in total. The molecule has 4 saturated heterocycles. The van der Waals surface area contributed by atoms with Crippen LogP contribution in [0.3, 0.4) is 0 Å². The average molecular weight is 1300 g/mol. The van der Waals surface area contributed by atoms with E-state index in [4.69, 9.17) is 39.6 Å². The van der Waals surface area contributed by atoms with Gasteiger partial charge in [-0.15, -0.1) is 0 Å². The molecule has 2 aromatic heterocycles. The molecule has 534 valence electrons. The molecule has 2 aliphatic carbocycles. The number of hydrogen-bond donors (Lipinski definition) is 5. The Morgan fingerprint density at radius 3 is 1.29 bits per heavy atom. The van der Waals surface area contributed by atoms with Crippen molar-refractivity contribution in [2.24, 2.45) is 5.41 Å². The van der Waals surface area contributed by atoms with Crippen molar-refractivity contribution in [3.8, 4) is 0 Å². The van der Waals surface area contributed by atoms with Gasteiger partial charge in [0.2, 0.25) is 29.7 Å². The average Bonchev–Trinajstić information content (AvgIpc) is 0.769. The number of anilines is 5. The molecular formula is C74H140N16O3. The fourth-order valence-corrected chi connectivity index (χ4v) is 18.4. The molecular weight excluding hydrogens is 1160 g/mol. The minimum atomic E-state index is -0.159. The van der Waals surface area contributed by atoms with Crippen LogP contribution in [0, 0.1) is 12.3 Å². The smallest absolute Gasteiger partial charge is 0.231 e. The summed E-state index contributed by atoms with van der Waals surface area (Å²) in [6, 6.07) is 1.43. The maximum atomic E-state index is 9.62. The first-order valence-corrected chi connectivity index (χ1v) is 36.9. The normalized spacial score (nSPS) is 24.1. The Morgan fingerprint density at radius 1 is 0.484 bits per heavy atom. The summed E-state index contributed by atoms with van der Waals surface area (Å²) in [5.74, 6) is 4.10. The molecule has 0 spiro atoms. The van der Waals surface area contributed by atoms with Gasteiger partial charge in [0.05, 0.1) is 18.8 Å². The molecule has 19 heteroatoms. The molecule has 0 unspecified atom stereocenters. The molecule has 2 saturated carbocycles. The number of nitrogens with one attached hydrogen (secondary N) is 4. The standard InChI is InChI=1S/C37H68N8O3.C37H72N8/c1-34(2)23-27(24-35(3,4)44(34)47-29-17-13-11-14-18-29)42(9)32-39-31(38-21-22-46)40-33(41-32)43(10)28-25-36(5,6)45(37(7,8)26-28)48-30-19-15-12-16-20-30;1-27-38-30(41-37(13,14)26-32(2,3)4)40-31(39-27)45(29-24-35(9,10)43-36(11,12)25-29)21-19-17-16-18-20-44(15)28-22-33(5,6)42-34(7,8)23-28/h27-30,46H,11-26H2,1-10H3,(H,38,39,40,41);28-29,42-43H,16-26H2,1-15H3,(H,38,39,40,41). The summed E-state index contributed by atoms with van der Waals surface area (Å²) in [4.78, 5) is 52.9. The van der Waals surface area contributed by atoms with Crippen LogP contribution < -0.4 is 36.0 Å². The van der Waals surface area contributed by atoms with Crippen molar-refractivity contribution in [1.29, 1.82) is 0 Å². The zero-order valence-corrected chi connectivity index (χ0v) is 64.2. The van der Waals surface area contributed by atoms with E-state index in [-0.39, 0.29) is 74.0 Å². The Bertz CT molecular complexity index is 2500. The lowest BCUT2D eigenvalue weighted by Gasteiger charge is -2.56. The third-order valence-corrected chi connectivity index (χ3v) is 21.0. The van der Waals surface area contributed by atoms with Gasteiger partial charge in [0.1, 0.15) is 5.82 Å². The van der Waals surface area contributed by atoms with Crippen LogP contribution in [0.25, 0.3) is 0 Å². The van der Waals surface area contributed by atoms with Crippen molar-refractivity contribution in [3.63, 3.8) is 0 Å². The van der Waals surface area contributed by atoms with Crippen LogP contribution >= 0.6 is 0 Å². The first-order chi connectivity index (χ1) is 42.9. The van der Waals surface area contributed by atoms with Crippen molar-refractivity contribution in [2.75, 3.05) is 72.7 Å². The predicted molar refractivity (Wildman–Crippen MR) is 388 cm³/mol.